The molecular formula is C8H9N5O4. The van der Waals surface area contributed by atoms with Gasteiger partial charge in [0.15, 0.2) is 11.2 Å². The highest BCUT2D eigenvalue weighted by molar-refractivity contribution is 5.77. The molecule has 0 atom stereocenters. The number of nitrogens with two attached hydrogens (primary N) is 1. The first-order valence-corrected chi connectivity index (χ1v) is 4.58. The third-order valence-corrected chi connectivity index (χ3v) is 2.33. The molecule has 2 rings (SSSR count). The fourth-order valence-electron chi connectivity index (χ4n) is 1.55. The summed E-state index contributed by atoms with van der Waals surface area (Å²) in [5.74, 6) is -1.29. The van der Waals surface area contributed by atoms with Crippen molar-refractivity contribution in [1.82, 2.24) is 19.1 Å². The van der Waals surface area contributed by atoms with Crippen molar-refractivity contribution in [2.45, 2.75) is 6.54 Å². The zero-order valence-corrected chi connectivity index (χ0v) is 8.80. The van der Waals surface area contributed by atoms with E-state index in [0.717, 1.165) is 9.13 Å². The molecule has 2 heterocycles. The standard InChI is InChI=1S/C8H9N5O4/c1-12-5-4(6(16)11-8(12)17)13(2-3(14)15)7(9)10-5/h2H2,1H3,(H2,9,10)(H,14,15)(H,11,16,17). The summed E-state index contributed by atoms with van der Waals surface area (Å²) in [6.45, 7) is -0.496. The van der Waals surface area contributed by atoms with Crippen LogP contribution in [0.1, 0.15) is 0 Å². The molecule has 0 aliphatic rings. The van der Waals surface area contributed by atoms with Crippen LogP contribution in [0.15, 0.2) is 9.59 Å². The number of hydrogen-bond donors (Lipinski definition) is 3. The lowest BCUT2D eigenvalue weighted by atomic mass is 10.5. The minimum absolute atomic E-state index is 0.0352. The summed E-state index contributed by atoms with van der Waals surface area (Å²) in [7, 11) is 1.40. The first-order chi connectivity index (χ1) is 7.91. The van der Waals surface area contributed by atoms with Crippen LogP contribution < -0.4 is 17.0 Å². The minimum Gasteiger partial charge on any atom is -0.480 e. The van der Waals surface area contributed by atoms with Gasteiger partial charge >= 0.3 is 11.7 Å². The molecule has 0 radical (unpaired) electrons. The number of carboxylic acids is 1. The van der Waals surface area contributed by atoms with Crippen LogP contribution in [-0.4, -0.2) is 30.2 Å². The number of carbonyl (C=O) groups is 1. The second kappa shape index (κ2) is 3.47. The number of anilines is 1. The highest BCUT2D eigenvalue weighted by Gasteiger charge is 2.16. The van der Waals surface area contributed by atoms with E-state index >= 15 is 0 Å². The summed E-state index contributed by atoms with van der Waals surface area (Å²) in [6, 6.07) is 0. The Bertz CT molecular complexity index is 722. The molecule has 0 unspecified atom stereocenters. The zero-order chi connectivity index (χ0) is 12.7. The van der Waals surface area contributed by atoms with Crippen LogP contribution in [-0.2, 0) is 18.4 Å². The number of carboxylic acid groups (broad SMARTS) is 1. The molecule has 0 saturated carbocycles. The molecule has 0 spiro atoms. The highest BCUT2D eigenvalue weighted by atomic mass is 16.4. The fourth-order valence-corrected chi connectivity index (χ4v) is 1.55. The number of imidazole rings is 1. The van der Waals surface area contributed by atoms with Crippen molar-refractivity contribution in [1.29, 1.82) is 0 Å². The van der Waals surface area contributed by atoms with E-state index in [2.05, 4.69) is 9.97 Å². The number of fused-ring (bicyclic) bond motifs is 1. The largest absolute Gasteiger partial charge is 0.480 e. The Hall–Kier alpha value is -2.58. The zero-order valence-electron chi connectivity index (χ0n) is 8.80. The average Bonchev–Trinajstić information content (AvgIpc) is 2.53. The minimum atomic E-state index is -1.16. The molecule has 9 heteroatoms. The van der Waals surface area contributed by atoms with Crippen molar-refractivity contribution in [3.63, 3.8) is 0 Å². The lowest BCUT2D eigenvalue weighted by molar-refractivity contribution is -0.137. The molecule has 17 heavy (non-hydrogen) atoms. The number of aryl methyl sites for hydroxylation is 1. The molecule has 0 saturated heterocycles. The molecule has 4 N–H and O–H groups in total. The molecule has 0 aliphatic carbocycles. The molecule has 0 aliphatic heterocycles. The van der Waals surface area contributed by atoms with Crippen LogP contribution in [0.3, 0.4) is 0 Å². The van der Waals surface area contributed by atoms with Crippen LogP contribution in [0, 0.1) is 0 Å². The number of hydrogen-bond acceptors (Lipinski definition) is 5. The van der Waals surface area contributed by atoms with Gasteiger partial charge in [-0.05, 0) is 0 Å². The Morgan fingerprint density at radius 1 is 1.53 bits per heavy atom. The van der Waals surface area contributed by atoms with E-state index in [1.807, 2.05) is 0 Å². The highest BCUT2D eigenvalue weighted by Crippen LogP contribution is 2.11. The Morgan fingerprint density at radius 2 is 2.18 bits per heavy atom. The van der Waals surface area contributed by atoms with E-state index in [1.165, 1.54) is 7.05 Å². The van der Waals surface area contributed by atoms with Crippen LogP contribution in [0.4, 0.5) is 5.95 Å². The monoisotopic (exact) mass is 239 g/mol. The van der Waals surface area contributed by atoms with Gasteiger partial charge in [0.1, 0.15) is 6.54 Å². The maximum Gasteiger partial charge on any atom is 0.329 e. The number of nitrogen functional groups attached to an aromatic ring is 1. The van der Waals surface area contributed by atoms with Crippen LogP contribution in [0.2, 0.25) is 0 Å². The molecule has 0 fully saturated rings. The predicted molar refractivity (Wildman–Crippen MR) is 57.6 cm³/mol. The third kappa shape index (κ3) is 1.57. The van der Waals surface area contributed by atoms with Crippen molar-refractivity contribution >= 4 is 23.1 Å². The van der Waals surface area contributed by atoms with Gasteiger partial charge in [0.25, 0.3) is 5.56 Å². The first-order valence-electron chi connectivity index (χ1n) is 4.58. The van der Waals surface area contributed by atoms with Gasteiger partial charge in [0.05, 0.1) is 0 Å². The molecule has 0 bridgehead atoms. The summed E-state index contributed by atoms with van der Waals surface area (Å²) in [5, 5.41) is 8.70. The normalized spacial score (nSPS) is 10.9. The van der Waals surface area contributed by atoms with Gasteiger partial charge < -0.3 is 10.8 Å². The summed E-state index contributed by atoms with van der Waals surface area (Å²) < 4.78 is 2.13. The number of H-pyrrole nitrogens is 1. The van der Waals surface area contributed by atoms with Crippen molar-refractivity contribution in [2.75, 3.05) is 5.73 Å². The topological polar surface area (TPSA) is 136 Å². The Kier molecular flexibility index (Phi) is 2.23. The van der Waals surface area contributed by atoms with Gasteiger partial charge in [-0.3, -0.25) is 23.7 Å². The third-order valence-electron chi connectivity index (χ3n) is 2.33. The summed E-state index contributed by atoms with van der Waals surface area (Å²) >= 11 is 0. The number of rotatable bonds is 2. The van der Waals surface area contributed by atoms with Crippen molar-refractivity contribution in [2.24, 2.45) is 7.05 Å². The quantitative estimate of drug-likeness (QED) is 0.559. The van der Waals surface area contributed by atoms with E-state index < -0.39 is 23.8 Å². The maximum atomic E-state index is 11.6. The smallest absolute Gasteiger partial charge is 0.329 e. The van der Waals surface area contributed by atoms with Gasteiger partial charge in [-0.1, -0.05) is 0 Å². The fraction of sp³-hybridized carbons (Fsp3) is 0.250. The second-order valence-electron chi connectivity index (χ2n) is 3.44. The Morgan fingerprint density at radius 3 is 2.76 bits per heavy atom. The molecule has 0 amide bonds. The van der Waals surface area contributed by atoms with E-state index in [-0.39, 0.29) is 17.1 Å². The van der Waals surface area contributed by atoms with Gasteiger partial charge in [-0.15, -0.1) is 0 Å². The van der Waals surface area contributed by atoms with Gasteiger partial charge in [-0.2, -0.15) is 4.98 Å². The molecule has 2 aromatic heterocycles. The number of nitrogens with one attached hydrogen (secondary N) is 1. The summed E-state index contributed by atoms with van der Waals surface area (Å²) in [4.78, 5) is 39.4. The van der Waals surface area contributed by atoms with E-state index in [4.69, 9.17) is 10.8 Å². The number of aliphatic carboxylic acids is 1. The molecular weight excluding hydrogens is 230 g/mol. The molecule has 0 aromatic carbocycles. The Balaban J connectivity index is 2.92. The number of aromatic nitrogens is 4. The first kappa shape index (κ1) is 10.9. The maximum absolute atomic E-state index is 11.6. The predicted octanol–water partition coefficient (Wildman–Crippen LogP) is -1.91. The number of aromatic amines is 1. The van der Waals surface area contributed by atoms with Gasteiger partial charge in [0, 0.05) is 7.05 Å². The number of nitrogens with zero attached hydrogens (tertiary/aromatic N) is 3. The Labute approximate surface area is 93.1 Å². The van der Waals surface area contributed by atoms with Crippen LogP contribution in [0.5, 0.6) is 0 Å². The lowest BCUT2D eigenvalue weighted by Crippen LogP contribution is -2.29. The van der Waals surface area contributed by atoms with E-state index in [1.54, 1.807) is 0 Å². The molecule has 90 valence electrons. The molecule has 2 aromatic rings. The molecule has 9 nitrogen and oxygen atoms in total. The summed E-state index contributed by atoms with van der Waals surface area (Å²) in [6.07, 6.45) is 0. The van der Waals surface area contributed by atoms with E-state index in [9.17, 15) is 14.4 Å². The van der Waals surface area contributed by atoms with Crippen LogP contribution in [0.25, 0.3) is 11.2 Å². The van der Waals surface area contributed by atoms with Gasteiger partial charge in [0.2, 0.25) is 5.95 Å². The summed E-state index contributed by atoms with van der Waals surface area (Å²) in [5.41, 5.74) is 4.18. The lowest BCUT2D eigenvalue weighted by Gasteiger charge is -2.01. The van der Waals surface area contributed by atoms with Crippen molar-refractivity contribution < 1.29 is 9.90 Å². The van der Waals surface area contributed by atoms with Crippen molar-refractivity contribution in [3.05, 3.63) is 20.8 Å². The van der Waals surface area contributed by atoms with Crippen LogP contribution >= 0.6 is 0 Å². The van der Waals surface area contributed by atoms with Gasteiger partial charge in [-0.25, -0.2) is 4.79 Å². The van der Waals surface area contributed by atoms with E-state index in [0.29, 0.717) is 0 Å². The van der Waals surface area contributed by atoms with Crippen molar-refractivity contribution in [3.8, 4) is 0 Å². The SMILES string of the molecule is Cn1c(=O)[nH]c(=O)c2c1nc(N)n2CC(=O)O. The average molecular weight is 239 g/mol. The second-order valence-corrected chi connectivity index (χ2v) is 3.44.